The van der Waals surface area contributed by atoms with E-state index in [0.29, 0.717) is 0 Å². The normalized spacial score (nSPS) is 12.0. The van der Waals surface area contributed by atoms with Crippen LogP contribution in [0.25, 0.3) is 0 Å². The summed E-state index contributed by atoms with van der Waals surface area (Å²) in [5, 5.41) is 0. The molecule has 0 amide bonds. The molecule has 50 valence electrons. The van der Waals surface area contributed by atoms with Crippen molar-refractivity contribution in [3.05, 3.63) is 0 Å². The molecule has 0 heterocycles. The number of rotatable bonds is 3. The number of hydrogen-bond donors (Lipinski definition) is 0. The Kier molecular flexibility index (Phi) is 4.50. The molecule has 0 aromatic heterocycles. The Balaban J connectivity index is 3.10. The van der Waals surface area contributed by atoms with Crippen LogP contribution in [0.3, 0.4) is 0 Å². The van der Waals surface area contributed by atoms with E-state index in [9.17, 15) is 0 Å². The van der Waals surface area contributed by atoms with Gasteiger partial charge in [0.2, 0.25) is 0 Å². The van der Waals surface area contributed by atoms with Crippen molar-refractivity contribution in [2.75, 3.05) is 12.7 Å². The van der Waals surface area contributed by atoms with Crippen molar-refractivity contribution in [1.82, 2.24) is 4.57 Å². The zero-order chi connectivity index (χ0) is 6.57. The largest absolute Gasteiger partial charge is 0.335 e. The van der Waals surface area contributed by atoms with Crippen molar-refractivity contribution in [3.8, 4) is 0 Å². The first kappa shape index (κ1) is 8.39. The molecule has 0 aromatic carbocycles. The highest BCUT2D eigenvalue weighted by atomic mass is 28.2. The van der Waals surface area contributed by atoms with E-state index in [2.05, 4.69) is 18.4 Å². The summed E-state index contributed by atoms with van der Waals surface area (Å²) in [5.41, 5.74) is 0. The Morgan fingerprint density at radius 1 is 1.50 bits per heavy atom. The molecule has 0 unspecified atom stereocenters. The molecule has 0 rings (SSSR count). The van der Waals surface area contributed by atoms with Crippen molar-refractivity contribution >= 4 is 20.6 Å². The highest BCUT2D eigenvalue weighted by molar-refractivity contribution is 6.14. The molecular formula is C5H17NSi2. The highest BCUT2D eigenvalue weighted by Gasteiger charge is 1.95. The van der Waals surface area contributed by atoms with Crippen molar-refractivity contribution in [2.24, 2.45) is 5.92 Å². The zero-order valence-corrected chi connectivity index (χ0v) is 10.4. The van der Waals surface area contributed by atoms with E-state index in [0.717, 1.165) is 5.92 Å². The molecular weight excluding hydrogens is 130 g/mol. The molecule has 0 atom stereocenters. The molecule has 0 N–H and O–H groups in total. The lowest BCUT2D eigenvalue weighted by atomic mass is 10.2. The highest BCUT2D eigenvalue weighted by Crippen LogP contribution is 1.92. The molecule has 1 nitrogen and oxygen atoms in total. The Morgan fingerprint density at radius 2 is 2.00 bits per heavy atom. The molecule has 8 heavy (non-hydrogen) atoms. The van der Waals surface area contributed by atoms with Crippen LogP contribution in [0, 0.1) is 5.92 Å². The summed E-state index contributed by atoms with van der Waals surface area (Å²) in [6.07, 6.45) is 1.37. The minimum Gasteiger partial charge on any atom is -0.335 e. The maximum absolute atomic E-state index is 2.52. The number of hydrogen-bond acceptors (Lipinski definition) is 1. The fourth-order valence-electron chi connectivity index (χ4n) is 0.752. The second-order valence-electron chi connectivity index (χ2n) is 2.75. The van der Waals surface area contributed by atoms with Crippen molar-refractivity contribution in [1.29, 1.82) is 0 Å². The van der Waals surface area contributed by atoms with Crippen LogP contribution in [0.2, 0.25) is 0 Å². The third-order valence-electron chi connectivity index (χ3n) is 1.22. The second kappa shape index (κ2) is 4.29. The molecule has 0 saturated heterocycles. The Morgan fingerprint density at radius 3 is 2.12 bits per heavy atom. The molecule has 0 aromatic rings. The van der Waals surface area contributed by atoms with E-state index < -0.39 is 0 Å². The summed E-state index contributed by atoms with van der Waals surface area (Å²) < 4.78 is 2.52. The van der Waals surface area contributed by atoms with Crippen molar-refractivity contribution in [2.45, 2.75) is 13.8 Å². The molecule has 3 heteroatoms. The lowest BCUT2D eigenvalue weighted by Crippen LogP contribution is -2.25. The lowest BCUT2D eigenvalue weighted by Gasteiger charge is -2.15. The van der Waals surface area contributed by atoms with E-state index in [1.165, 1.54) is 33.4 Å². The first-order valence-corrected chi connectivity index (χ1v) is 5.66. The predicted octanol–water partition coefficient (Wildman–Crippen LogP) is -1.45. The quantitative estimate of drug-likeness (QED) is 0.442. The Bertz CT molecular complexity index is 56.4. The molecule has 0 aliphatic heterocycles. The van der Waals surface area contributed by atoms with Gasteiger partial charge < -0.3 is 4.57 Å². The molecule has 0 bridgehead atoms. The van der Waals surface area contributed by atoms with Gasteiger partial charge in [-0.1, -0.05) is 13.8 Å². The van der Waals surface area contributed by atoms with Gasteiger partial charge in [-0.25, -0.2) is 0 Å². The fourth-order valence-corrected chi connectivity index (χ4v) is 1.74. The fraction of sp³-hybridized carbons (Fsp3) is 1.00. The van der Waals surface area contributed by atoms with E-state index in [4.69, 9.17) is 0 Å². The molecule has 0 fully saturated rings. The minimum absolute atomic E-state index is 0.862. The van der Waals surface area contributed by atoms with Crippen LogP contribution in [0.1, 0.15) is 13.8 Å². The van der Waals surface area contributed by atoms with Gasteiger partial charge in [-0.15, -0.1) is 0 Å². The van der Waals surface area contributed by atoms with Crippen LogP contribution < -0.4 is 0 Å². The van der Waals surface area contributed by atoms with Gasteiger partial charge in [0.25, 0.3) is 0 Å². The van der Waals surface area contributed by atoms with Gasteiger partial charge in [-0.2, -0.15) is 0 Å². The van der Waals surface area contributed by atoms with Crippen molar-refractivity contribution < 1.29 is 0 Å². The van der Waals surface area contributed by atoms with Crippen LogP contribution in [0.5, 0.6) is 0 Å². The van der Waals surface area contributed by atoms with Gasteiger partial charge in [0, 0.05) is 10.2 Å². The average molecular weight is 147 g/mol. The van der Waals surface area contributed by atoms with E-state index in [1.807, 2.05) is 0 Å². The predicted molar refractivity (Wildman–Crippen MR) is 46.3 cm³/mol. The van der Waals surface area contributed by atoms with E-state index in [-0.39, 0.29) is 0 Å². The third-order valence-corrected chi connectivity index (χ3v) is 4.56. The minimum atomic E-state index is 0.862. The van der Waals surface area contributed by atoms with E-state index >= 15 is 0 Å². The first-order valence-electron chi connectivity index (χ1n) is 3.35. The molecule has 0 aliphatic rings. The van der Waals surface area contributed by atoms with Gasteiger partial charge in [0.05, 0.1) is 10.4 Å². The third kappa shape index (κ3) is 4.55. The topological polar surface area (TPSA) is 3.24 Å². The SMILES string of the molecule is CC(C)CN([SiH3])C[SiH3]. The van der Waals surface area contributed by atoms with Crippen LogP contribution in [0.4, 0.5) is 0 Å². The summed E-state index contributed by atoms with van der Waals surface area (Å²) >= 11 is 0. The van der Waals surface area contributed by atoms with Crippen LogP contribution in [-0.2, 0) is 0 Å². The average Bonchev–Trinajstić information content (AvgIpc) is 1.65. The molecule has 0 radical (unpaired) electrons. The smallest absolute Gasteiger partial charge is 0.0780 e. The molecule has 0 spiro atoms. The van der Waals surface area contributed by atoms with Crippen LogP contribution in [0.15, 0.2) is 0 Å². The summed E-state index contributed by atoms with van der Waals surface area (Å²) in [6.45, 7) is 5.87. The Hall–Kier alpha value is 0.394. The maximum Gasteiger partial charge on any atom is 0.0780 e. The Labute approximate surface area is 58.4 Å². The van der Waals surface area contributed by atoms with Gasteiger partial charge in [-0.05, 0) is 18.6 Å². The van der Waals surface area contributed by atoms with Crippen LogP contribution in [-0.4, -0.2) is 37.9 Å². The second-order valence-corrected chi connectivity index (χ2v) is 4.65. The van der Waals surface area contributed by atoms with Gasteiger partial charge in [-0.3, -0.25) is 0 Å². The zero-order valence-electron chi connectivity index (χ0n) is 6.44. The summed E-state index contributed by atoms with van der Waals surface area (Å²) in [4.78, 5) is 0. The maximum atomic E-state index is 2.52. The van der Waals surface area contributed by atoms with Crippen LogP contribution >= 0.6 is 0 Å². The summed E-state index contributed by atoms with van der Waals surface area (Å²) in [5.74, 6) is 0.862. The summed E-state index contributed by atoms with van der Waals surface area (Å²) in [7, 11) is 2.59. The first-order chi connectivity index (χ1) is 3.66. The summed E-state index contributed by atoms with van der Waals surface area (Å²) in [6, 6.07) is 0. The van der Waals surface area contributed by atoms with E-state index in [1.54, 1.807) is 0 Å². The molecule has 0 aliphatic carbocycles. The monoisotopic (exact) mass is 147 g/mol. The van der Waals surface area contributed by atoms with Gasteiger partial charge in [0.1, 0.15) is 0 Å². The standard InChI is InChI=1S/C5H17NSi2/c1-5(2)3-6(8)4-7/h5H,3-4H2,1-2,7-8H3. The molecule has 0 saturated carbocycles. The lowest BCUT2D eigenvalue weighted by molar-refractivity contribution is 0.438. The number of nitrogens with zero attached hydrogens (tertiary/aromatic N) is 1. The van der Waals surface area contributed by atoms with Crippen molar-refractivity contribution in [3.63, 3.8) is 0 Å². The van der Waals surface area contributed by atoms with Gasteiger partial charge >= 0.3 is 0 Å². The van der Waals surface area contributed by atoms with Gasteiger partial charge in [0.15, 0.2) is 0 Å².